The quantitative estimate of drug-likeness (QED) is 0.587. The molecular formula is C7H11F3O5S. The van der Waals surface area contributed by atoms with Gasteiger partial charge in [0.1, 0.15) is 0 Å². The average molecular weight is 264 g/mol. The fourth-order valence-corrected chi connectivity index (χ4v) is 1.73. The summed E-state index contributed by atoms with van der Waals surface area (Å²) < 4.78 is 65.4. The van der Waals surface area contributed by atoms with Gasteiger partial charge in [0, 0.05) is 0 Å². The van der Waals surface area contributed by atoms with Crippen molar-refractivity contribution < 1.29 is 35.6 Å². The monoisotopic (exact) mass is 264 g/mol. The second-order valence-electron chi connectivity index (χ2n) is 3.32. The van der Waals surface area contributed by atoms with E-state index in [1.807, 2.05) is 0 Å². The molecule has 1 rings (SSSR count). The van der Waals surface area contributed by atoms with Crippen LogP contribution in [0.5, 0.6) is 0 Å². The van der Waals surface area contributed by atoms with Gasteiger partial charge in [-0.15, -0.1) is 0 Å². The minimum absolute atomic E-state index is 0.247. The van der Waals surface area contributed by atoms with Gasteiger partial charge in [0.15, 0.2) is 0 Å². The lowest BCUT2D eigenvalue weighted by atomic mass is 10.2. The van der Waals surface area contributed by atoms with Crippen LogP contribution in [-0.2, 0) is 19.0 Å². The van der Waals surface area contributed by atoms with E-state index >= 15 is 0 Å². The number of alkyl halides is 3. The molecule has 9 heteroatoms. The maximum Gasteiger partial charge on any atom is 0.523 e. The number of halogens is 3. The van der Waals surface area contributed by atoms with Gasteiger partial charge in [-0.2, -0.15) is 21.6 Å². The van der Waals surface area contributed by atoms with Gasteiger partial charge in [0.2, 0.25) is 0 Å². The third kappa shape index (κ3) is 3.30. The van der Waals surface area contributed by atoms with Crippen molar-refractivity contribution in [3.8, 4) is 0 Å². The molecule has 5 nitrogen and oxygen atoms in total. The molecule has 0 aliphatic carbocycles. The SMILES string of the molecule is O=S(=O)(OC[C@H]1CC[C@H](CO)O1)C(F)(F)F. The standard InChI is InChI=1S/C7H11F3O5S/c8-7(9,10)16(12,13)14-4-6-2-1-5(3-11)15-6/h5-6,11H,1-4H2/t5-,6-/m1/s1. The second kappa shape index (κ2) is 4.86. The highest BCUT2D eigenvalue weighted by Gasteiger charge is 2.47. The molecule has 0 aromatic carbocycles. The second-order valence-corrected chi connectivity index (χ2v) is 4.93. The fraction of sp³-hybridized carbons (Fsp3) is 1.00. The molecule has 0 spiro atoms. The molecule has 1 heterocycles. The number of aliphatic hydroxyl groups is 1. The summed E-state index contributed by atoms with van der Waals surface area (Å²) in [5.74, 6) is 0. The van der Waals surface area contributed by atoms with Crippen LogP contribution >= 0.6 is 0 Å². The van der Waals surface area contributed by atoms with Crippen LogP contribution in [0.2, 0.25) is 0 Å². The average Bonchev–Trinajstić information content (AvgIpc) is 2.60. The van der Waals surface area contributed by atoms with Crippen molar-refractivity contribution in [1.29, 1.82) is 0 Å². The van der Waals surface area contributed by atoms with Crippen LogP contribution < -0.4 is 0 Å². The molecule has 0 radical (unpaired) electrons. The van der Waals surface area contributed by atoms with Gasteiger partial charge in [-0.05, 0) is 12.8 Å². The Hall–Kier alpha value is -0.380. The fourth-order valence-electron chi connectivity index (χ4n) is 1.27. The van der Waals surface area contributed by atoms with Crippen LogP contribution in [0.15, 0.2) is 0 Å². The molecule has 0 unspecified atom stereocenters. The van der Waals surface area contributed by atoms with Gasteiger partial charge in [-0.1, -0.05) is 0 Å². The van der Waals surface area contributed by atoms with E-state index in [0.29, 0.717) is 12.8 Å². The van der Waals surface area contributed by atoms with Gasteiger partial charge in [-0.3, -0.25) is 4.18 Å². The lowest BCUT2D eigenvalue weighted by molar-refractivity contribution is -0.0596. The molecule has 0 saturated carbocycles. The summed E-state index contributed by atoms with van der Waals surface area (Å²) in [6, 6.07) is 0. The Kier molecular flexibility index (Phi) is 4.16. The third-order valence-electron chi connectivity index (χ3n) is 2.09. The summed E-state index contributed by atoms with van der Waals surface area (Å²) in [4.78, 5) is 0. The molecule has 0 bridgehead atoms. The predicted molar refractivity (Wildman–Crippen MR) is 45.9 cm³/mol. The number of hydrogen-bond donors (Lipinski definition) is 1. The highest BCUT2D eigenvalue weighted by atomic mass is 32.2. The van der Waals surface area contributed by atoms with E-state index in [0.717, 1.165) is 0 Å². The van der Waals surface area contributed by atoms with E-state index in [1.54, 1.807) is 0 Å². The van der Waals surface area contributed by atoms with Crippen molar-refractivity contribution in [2.24, 2.45) is 0 Å². The molecule has 2 atom stereocenters. The van der Waals surface area contributed by atoms with E-state index in [2.05, 4.69) is 4.18 Å². The molecule has 0 aromatic rings. The van der Waals surface area contributed by atoms with Gasteiger partial charge in [0.25, 0.3) is 0 Å². The van der Waals surface area contributed by atoms with E-state index in [-0.39, 0.29) is 6.61 Å². The lowest BCUT2D eigenvalue weighted by Gasteiger charge is -2.13. The highest BCUT2D eigenvalue weighted by Crippen LogP contribution is 2.26. The van der Waals surface area contributed by atoms with Crippen molar-refractivity contribution in [2.75, 3.05) is 13.2 Å². The van der Waals surface area contributed by atoms with Crippen LogP contribution in [0.3, 0.4) is 0 Å². The van der Waals surface area contributed by atoms with Crippen LogP contribution in [-0.4, -0.2) is 44.5 Å². The summed E-state index contributed by atoms with van der Waals surface area (Å²) in [5.41, 5.74) is -5.41. The molecule has 1 saturated heterocycles. The van der Waals surface area contributed by atoms with Gasteiger partial charge < -0.3 is 9.84 Å². The molecule has 1 fully saturated rings. The van der Waals surface area contributed by atoms with Crippen LogP contribution in [0.25, 0.3) is 0 Å². The molecule has 1 aliphatic rings. The van der Waals surface area contributed by atoms with Crippen molar-refractivity contribution in [2.45, 2.75) is 30.6 Å². The van der Waals surface area contributed by atoms with Gasteiger partial charge >= 0.3 is 15.6 Å². The maximum absolute atomic E-state index is 11.9. The number of ether oxygens (including phenoxy) is 1. The van der Waals surface area contributed by atoms with Gasteiger partial charge in [0.05, 0.1) is 25.4 Å². The zero-order valence-electron chi connectivity index (χ0n) is 8.11. The van der Waals surface area contributed by atoms with Crippen molar-refractivity contribution in [1.82, 2.24) is 0 Å². The normalized spacial score (nSPS) is 27.2. The van der Waals surface area contributed by atoms with E-state index in [1.165, 1.54) is 0 Å². The summed E-state index contributed by atoms with van der Waals surface area (Å²) >= 11 is 0. The Bertz CT molecular complexity index is 325. The first-order chi connectivity index (χ1) is 7.26. The number of aliphatic hydroxyl groups excluding tert-OH is 1. The van der Waals surface area contributed by atoms with E-state index in [4.69, 9.17) is 9.84 Å². The Labute approximate surface area is 90.3 Å². The zero-order chi connectivity index (χ0) is 12.4. The smallest absolute Gasteiger partial charge is 0.394 e. The topological polar surface area (TPSA) is 72.8 Å². The molecule has 16 heavy (non-hydrogen) atoms. The minimum atomic E-state index is -5.55. The highest BCUT2D eigenvalue weighted by molar-refractivity contribution is 7.87. The Balaban J connectivity index is 2.42. The minimum Gasteiger partial charge on any atom is -0.394 e. The summed E-state index contributed by atoms with van der Waals surface area (Å²) in [6.45, 7) is -0.930. The molecule has 0 amide bonds. The molecule has 0 aromatic heterocycles. The first-order valence-corrected chi connectivity index (χ1v) is 5.89. The van der Waals surface area contributed by atoms with Crippen LogP contribution in [0.4, 0.5) is 13.2 Å². The Morgan fingerprint density at radius 2 is 1.88 bits per heavy atom. The summed E-state index contributed by atoms with van der Waals surface area (Å²) in [7, 11) is -5.55. The van der Waals surface area contributed by atoms with E-state index < -0.39 is 34.4 Å². The summed E-state index contributed by atoms with van der Waals surface area (Å²) in [5, 5.41) is 8.68. The molecule has 96 valence electrons. The Morgan fingerprint density at radius 3 is 2.31 bits per heavy atom. The van der Waals surface area contributed by atoms with Crippen molar-refractivity contribution >= 4 is 10.1 Å². The molecule has 1 aliphatic heterocycles. The van der Waals surface area contributed by atoms with Crippen LogP contribution in [0.1, 0.15) is 12.8 Å². The van der Waals surface area contributed by atoms with Crippen molar-refractivity contribution in [3.05, 3.63) is 0 Å². The first kappa shape index (κ1) is 13.7. The van der Waals surface area contributed by atoms with E-state index in [9.17, 15) is 21.6 Å². The Morgan fingerprint density at radius 1 is 1.31 bits per heavy atom. The predicted octanol–water partition coefficient (Wildman–Crippen LogP) is 0.393. The van der Waals surface area contributed by atoms with Crippen LogP contribution in [0, 0.1) is 0 Å². The number of hydrogen-bond acceptors (Lipinski definition) is 5. The molecular weight excluding hydrogens is 253 g/mol. The lowest BCUT2D eigenvalue weighted by Crippen LogP contribution is -2.29. The largest absolute Gasteiger partial charge is 0.523 e. The van der Waals surface area contributed by atoms with Gasteiger partial charge in [-0.25, -0.2) is 0 Å². The molecule has 1 N–H and O–H groups in total. The van der Waals surface area contributed by atoms with Crippen molar-refractivity contribution in [3.63, 3.8) is 0 Å². The maximum atomic E-state index is 11.9. The number of rotatable bonds is 4. The third-order valence-corrected chi connectivity index (χ3v) is 3.11. The summed E-state index contributed by atoms with van der Waals surface area (Å²) in [6.07, 6.45) is -0.355. The first-order valence-electron chi connectivity index (χ1n) is 4.48. The zero-order valence-corrected chi connectivity index (χ0v) is 8.92.